The van der Waals surface area contributed by atoms with E-state index in [1.54, 1.807) is 36.5 Å². The van der Waals surface area contributed by atoms with Gasteiger partial charge in [0.2, 0.25) is 5.95 Å². The zero-order valence-corrected chi connectivity index (χ0v) is 17.5. The number of phenols is 1. The smallest absolute Gasteiger partial charge is 0.229 e. The highest BCUT2D eigenvalue weighted by Crippen LogP contribution is 2.32. The summed E-state index contributed by atoms with van der Waals surface area (Å²) in [7, 11) is 0. The molecular weight excluding hydrogens is 411 g/mol. The molecule has 32 heavy (non-hydrogen) atoms. The fourth-order valence-electron chi connectivity index (χ4n) is 3.84. The summed E-state index contributed by atoms with van der Waals surface area (Å²) >= 11 is 0. The third kappa shape index (κ3) is 3.94. The Kier molecular flexibility index (Phi) is 5.32. The zero-order chi connectivity index (χ0) is 22.1. The van der Waals surface area contributed by atoms with Crippen LogP contribution in [0.25, 0.3) is 11.0 Å². The molecule has 3 N–H and O–H groups in total. The molecule has 0 radical (unpaired) electrons. The van der Waals surface area contributed by atoms with Crippen LogP contribution < -0.4 is 10.6 Å². The van der Waals surface area contributed by atoms with Crippen LogP contribution in [0.4, 0.5) is 27.5 Å². The minimum atomic E-state index is -0.342. The van der Waals surface area contributed by atoms with Crippen molar-refractivity contribution in [3.05, 3.63) is 60.0 Å². The van der Waals surface area contributed by atoms with Crippen LogP contribution in [0, 0.1) is 12.7 Å². The first kappa shape index (κ1) is 20.2. The highest BCUT2D eigenvalue weighted by molar-refractivity contribution is 5.90. The van der Waals surface area contributed by atoms with Crippen LogP contribution in [0.15, 0.2) is 48.7 Å². The third-order valence-corrected chi connectivity index (χ3v) is 5.57. The molecular formula is C23H23FN6O2. The summed E-state index contributed by atoms with van der Waals surface area (Å²) in [5.74, 6) is 0.759. The van der Waals surface area contributed by atoms with Crippen LogP contribution in [-0.2, 0) is 4.74 Å². The average Bonchev–Trinajstić information content (AvgIpc) is 3.16. The molecule has 3 heterocycles. The molecule has 1 aliphatic heterocycles. The van der Waals surface area contributed by atoms with Gasteiger partial charge in [-0.2, -0.15) is 10.1 Å². The predicted molar refractivity (Wildman–Crippen MR) is 120 cm³/mol. The number of aryl methyl sites for hydroxylation is 1. The molecule has 0 aliphatic carbocycles. The Hall–Kier alpha value is -3.72. The average molecular weight is 434 g/mol. The Labute approximate surface area is 184 Å². The van der Waals surface area contributed by atoms with Gasteiger partial charge in [-0.3, -0.25) is 0 Å². The van der Waals surface area contributed by atoms with Crippen molar-refractivity contribution in [1.29, 1.82) is 0 Å². The second-order valence-electron chi connectivity index (χ2n) is 7.80. The fraction of sp³-hybridized carbons (Fsp3) is 0.261. The summed E-state index contributed by atoms with van der Waals surface area (Å²) in [5, 5.41) is 21.3. The number of phenolic OH excluding ortho intramolecular Hbond substituents is 1. The molecule has 0 amide bonds. The number of anilines is 4. The van der Waals surface area contributed by atoms with Crippen molar-refractivity contribution in [3.8, 4) is 5.75 Å². The highest BCUT2D eigenvalue weighted by atomic mass is 19.1. The molecule has 4 aromatic rings. The predicted octanol–water partition coefficient (Wildman–Crippen LogP) is 4.82. The van der Waals surface area contributed by atoms with Crippen LogP contribution in [-0.4, -0.2) is 38.1 Å². The number of ether oxygens (including phenoxy) is 1. The Morgan fingerprint density at radius 3 is 2.62 bits per heavy atom. The van der Waals surface area contributed by atoms with E-state index in [2.05, 4.69) is 15.6 Å². The van der Waals surface area contributed by atoms with E-state index in [1.807, 2.05) is 17.7 Å². The van der Waals surface area contributed by atoms with Crippen molar-refractivity contribution in [2.45, 2.75) is 25.8 Å². The molecule has 0 spiro atoms. The van der Waals surface area contributed by atoms with E-state index >= 15 is 0 Å². The van der Waals surface area contributed by atoms with E-state index < -0.39 is 0 Å². The van der Waals surface area contributed by atoms with Gasteiger partial charge in [0.05, 0.1) is 17.1 Å². The van der Waals surface area contributed by atoms with Gasteiger partial charge < -0.3 is 20.5 Å². The number of halogens is 1. The topological polar surface area (TPSA) is 97.1 Å². The van der Waals surface area contributed by atoms with Gasteiger partial charge in [0, 0.05) is 25.1 Å². The largest absolute Gasteiger partial charge is 0.508 e. The number of nitrogens with one attached hydrogen (secondary N) is 2. The lowest BCUT2D eigenvalue weighted by molar-refractivity contribution is 0.0674. The number of benzene rings is 2. The Balaban J connectivity index is 1.56. The monoisotopic (exact) mass is 434 g/mol. The first-order valence-corrected chi connectivity index (χ1v) is 10.5. The van der Waals surface area contributed by atoms with Gasteiger partial charge in [-0.25, -0.2) is 14.1 Å². The number of para-hydroxylation sites is 1. The van der Waals surface area contributed by atoms with Crippen LogP contribution in [0.5, 0.6) is 5.75 Å². The number of nitrogens with zero attached hydrogens (tertiary/aromatic N) is 4. The lowest BCUT2D eigenvalue weighted by atomic mass is 10.1. The summed E-state index contributed by atoms with van der Waals surface area (Å²) in [6.07, 6.45) is 3.33. The summed E-state index contributed by atoms with van der Waals surface area (Å²) in [6, 6.07) is 11.7. The molecule has 164 valence electrons. The van der Waals surface area contributed by atoms with E-state index in [0.29, 0.717) is 41.7 Å². The van der Waals surface area contributed by atoms with E-state index in [-0.39, 0.29) is 17.6 Å². The number of hydrogen-bond donors (Lipinski definition) is 3. The molecule has 2 aromatic heterocycles. The number of aromatic hydroxyl groups is 1. The lowest BCUT2D eigenvalue weighted by Gasteiger charge is -2.22. The van der Waals surface area contributed by atoms with Crippen LogP contribution in [0.2, 0.25) is 0 Å². The molecule has 1 aliphatic rings. The molecule has 5 rings (SSSR count). The van der Waals surface area contributed by atoms with Gasteiger partial charge in [-0.05, 0) is 55.7 Å². The Morgan fingerprint density at radius 1 is 1.09 bits per heavy atom. The fourth-order valence-corrected chi connectivity index (χ4v) is 3.84. The summed E-state index contributed by atoms with van der Waals surface area (Å²) in [4.78, 5) is 9.15. The SMILES string of the molecule is Cc1cccc(F)c1Nc1nn(C2CCOCC2)c2nc(Nc3ccc(O)cc3)ncc12. The van der Waals surface area contributed by atoms with Crippen molar-refractivity contribution in [2.24, 2.45) is 0 Å². The standard InChI is InChI=1S/C23H23FN6O2/c1-14-3-2-4-19(24)20(14)27-21-18-13-25-23(26-15-5-7-17(31)8-6-15)28-22(18)30(29-21)16-9-11-32-12-10-16/h2-8,13,16,31H,9-12H2,1H3,(H,27,29)(H,25,26,28). The van der Waals surface area contributed by atoms with Gasteiger partial charge in [0.15, 0.2) is 11.5 Å². The van der Waals surface area contributed by atoms with E-state index in [4.69, 9.17) is 14.8 Å². The molecule has 0 bridgehead atoms. The zero-order valence-electron chi connectivity index (χ0n) is 17.5. The summed E-state index contributed by atoms with van der Waals surface area (Å²) < 4.78 is 21.9. The van der Waals surface area contributed by atoms with Crippen LogP contribution in [0.3, 0.4) is 0 Å². The molecule has 1 saturated heterocycles. The van der Waals surface area contributed by atoms with Gasteiger partial charge in [-0.15, -0.1) is 0 Å². The molecule has 0 atom stereocenters. The quantitative estimate of drug-likeness (QED) is 0.388. The van der Waals surface area contributed by atoms with Crippen molar-refractivity contribution in [2.75, 3.05) is 23.8 Å². The maximum absolute atomic E-state index is 14.5. The number of aromatic nitrogens is 4. The number of rotatable bonds is 5. The first-order chi connectivity index (χ1) is 15.6. The normalized spacial score (nSPS) is 14.6. The van der Waals surface area contributed by atoms with Crippen molar-refractivity contribution >= 4 is 34.2 Å². The highest BCUT2D eigenvalue weighted by Gasteiger charge is 2.23. The van der Waals surface area contributed by atoms with E-state index in [1.165, 1.54) is 6.07 Å². The lowest BCUT2D eigenvalue weighted by Crippen LogP contribution is -2.21. The van der Waals surface area contributed by atoms with Gasteiger partial charge in [0.1, 0.15) is 11.6 Å². The van der Waals surface area contributed by atoms with Crippen LogP contribution in [0.1, 0.15) is 24.4 Å². The molecule has 9 heteroatoms. The number of hydrogen-bond acceptors (Lipinski definition) is 7. The molecule has 0 saturated carbocycles. The van der Waals surface area contributed by atoms with E-state index in [9.17, 15) is 9.50 Å². The van der Waals surface area contributed by atoms with Crippen molar-refractivity contribution in [3.63, 3.8) is 0 Å². The second kappa shape index (κ2) is 8.43. The van der Waals surface area contributed by atoms with Gasteiger partial charge in [0.25, 0.3) is 0 Å². The molecule has 2 aromatic carbocycles. The third-order valence-electron chi connectivity index (χ3n) is 5.57. The Morgan fingerprint density at radius 2 is 1.88 bits per heavy atom. The van der Waals surface area contributed by atoms with E-state index in [0.717, 1.165) is 24.1 Å². The van der Waals surface area contributed by atoms with Gasteiger partial charge >= 0.3 is 0 Å². The van der Waals surface area contributed by atoms with Crippen molar-refractivity contribution < 1.29 is 14.2 Å². The van der Waals surface area contributed by atoms with Crippen molar-refractivity contribution in [1.82, 2.24) is 19.7 Å². The maximum atomic E-state index is 14.5. The second-order valence-corrected chi connectivity index (χ2v) is 7.80. The summed E-state index contributed by atoms with van der Waals surface area (Å²) in [6.45, 7) is 3.16. The first-order valence-electron chi connectivity index (χ1n) is 10.5. The number of fused-ring (bicyclic) bond motifs is 1. The molecule has 1 fully saturated rings. The molecule has 8 nitrogen and oxygen atoms in total. The van der Waals surface area contributed by atoms with Crippen LogP contribution >= 0.6 is 0 Å². The summed E-state index contributed by atoms with van der Waals surface area (Å²) in [5.41, 5.74) is 2.58. The maximum Gasteiger partial charge on any atom is 0.229 e. The minimum absolute atomic E-state index is 0.125. The minimum Gasteiger partial charge on any atom is -0.508 e. The Bertz CT molecular complexity index is 1230. The van der Waals surface area contributed by atoms with Gasteiger partial charge in [-0.1, -0.05) is 12.1 Å². The molecule has 0 unspecified atom stereocenters.